The maximum atomic E-state index is 13.4. The molecule has 31 heavy (non-hydrogen) atoms. The zero-order valence-corrected chi connectivity index (χ0v) is 18.2. The molecule has 10 heteroatoms. The predicted octanol–water partition coefficient (Wildman–Crippen LogP) is 2.50. The molecule has 0 saturated carbocycles. The topological polar surface area (TPSA) is 113 Å². The minimum Gasteiger partial charge on any atom is -0.508 e. The Morgan fingerprint density at radius 3 is 2.74 bits per heavy atom. The summed E-state index contributed by atoms with van der Waals surface area (Å²) < 4.78 is 0. The summed E-state index contributed by atoms with van der Waals surface area (Å²) in [5, 5.41) is 20.3. The van der Waals surface area contributed by atoms with Crippen LogP contribution >= 0.6 is 24.4 Å². The monoisotopic (exact) mass is 455 g/mol. The number of hydrogen-bond acceptors (Lipinski definition) is 8. The number of fused-ring (bicyclic) bond motifs is 1. The molecule has 1 aliphatic heterocycles. The van der Waals surface area contributed by atoms with Crippen LogP contribution in [0.3, 0.4) is 0 Å². The average Bonchev–Trinajstić information content (AvgIpc) is 3.23. The Balaban J connectivity index is 1.69. The number of aromatic hydroxyl groups is 1. The zero-order valence-electron chi connectivity index (χ0n) is 16.5. The molecule has 0 radical (unpaired) electrons. The van der Waals surface area contributed by atoms with Crippen molar-refractivity contribution >= 4 is 52.8 Å². The summed E-state index contributed by atoms with van der Waals surface area (Å²) in [4.78, 5) is 27.9. The van der Waals surface area contributed by atoms with Gasteiger partial charge in [-0.2, -0.15) is 17.7 Å². The number of thiol groups is 1. The standard InChI is InChI=1S/C21H21N5O3S2/c22-26(19-14-6-2-1-5-13(14)11-23-24-19)20(29)16-12-31-21(25(16)18(28)9-10-30)15-7-3-4-8-17(15)27/h1-8,11,16,21,27,30H,9-10,12,22H2. The van der Waals surface area contributed by atoms with Crippen molar-refractivity contribution in [3.8, 4) is 5.75 Å². The molecule has 2 heterocycles. The third-order valence-electron chi connectivity index (χ3n) is 5.12. The first-order valence-electron chi connectivity index (χ1n) is 9.63. The van der Waals surface area contributed by atoms with Crippen LogP contribution < -0.4 is 10.9 Å². The first kappa shape index (κ1) is 21.4. The molecular weight excluding hydrogens is 434 g/mol. The lowest BCUT2D eigenvalue weighted by molar-refractivity contribution is -0.138. The Bertz CT molecular complexity index is 1120. The summed E-state index contributed by atoms with van der Waals surface area (Å²) in [6, 6.07) is 13.3. The Kier molecular flexibility index (Phi) is 6.30. The molecule has 2 unspecified atom stereocenters. The minimum absolute atomic E-state index is 0.0706. The maximum absolute atomic E-state index is 13.4. The Morgan fingerprint density at radius 2 is 1.97 bits per heavy atom. The van der Waals surface area contributed by atoms with Crippen molar-refractivity contribution in [2.45, 2.75) is 17.8 Å². The van der Waals surface area contributed by atoms with E-state index < -0.39 is 17.3 Å². The van der Waals surface area contributed by atoms with Crippen LogP contribution in [0.25, 0.3) is 10.8 Å². The number of aromatic nitrogens is 2. The number of rotatable bonds is 5. The predicted molar refractivity (Wildman–Crippen MR) is 124 cm³/mol. The molecule has 160 valence electrons. The summed E-state index contributed by atoms with van der Waals surface area (Å²) in [6.45, 7) is 0. The third-order valence-corrected chi connectivity index (χ3v) is 6.65. The molecule has 0 spiro atoms. The number of phenols is 1. The van der Waals surface area contributed by atoms with Crippen LogP contribution in [0, 0.1) is 0 Å². The number of carbonyl (C=O) groups is 2. The van der Waals surface area contributed by atoms with E-state index in [4.69, 9.17) is 5.84 Å². The molecule has 2 aromatic carbocycles. The fraction of sp³-hybridized carbons (Fsp3) is 0.238. The highest BCUT2D eigenvalue weighted by atomic mass is 32.2. The van der Waals surface area contributed by atoms with Crippen molar-refractivity contribution in [3.05, 3.63) is 60.3 Å². The van der Waals surface area contributed by atoms with Gasteiger partial charge in [0, 0.05) is 28.5 Å². The lowest BCUT2D eigenvalue weighted by Crippen LogP contribution is -2.52. The third kappa shape index (κ3) is 4.06. The van der Waals surface area contributed by atoms with Gasteiger partial charge in [-0.05, 0) is 11.8 Å². The van der Waals surface area contributed by atoms with E-state index in [-0.39, 0.29) is 23.9 Å². The lowest BCUT2D eigenvalue weighted by atomic mass is 10.1. The molecule has 2 atom stereocenters. The van der Waals surface area contributed by atoms with Gasteiger partial charge in [0.1, 0.15) is 17.2 Å². The van der Waals surface area contributed by atoms with Gasteiger partial charge in [-0.15, -0.1) is 16.9 Å². The summed E-state index contributed by atoms with van der Waals surface area (Å²) >= 11 is 5.57. The lowest BCUT2D eigenvalue weighted by Gasteiger charge is -2.31. The van der Waals surface area contributed by atoms with Gasteiger partial charge in [-0.3, -0.25) is 9.59 Å². The smallest absolute Gasteiger partial charge is 0.266 e. The molecule has 1 aliphatic rings. The zero-order chi connectivity index (χ0) is 22.0. The second-order valence-electron chi connectivity index (χ2n) is 7.00. The highest BCUT2D eigenvalue weighted by Gasteiger charge is 2.44. The van der Waals surface area contributed by atoms with Crippen molar-refractivity contribution in [2.75, 3.05) is 16.5 Å². The normalized spacial score (nSPS) is 18.3. The number of para-hydroxylation sites is 1. The van der Waals surface area contributed by atoms with Crippen molar-refractivity contribution < 1.29 is 14.7 Å². The van der Waals surface area contributed by atoms with Crippen LogP contribution in [-0.2, 0) is 9.59 Å². The highest BCUT2D eigenvalue weighted by molar-refractivity contribution is 7.99. The summed E-state index contributed by atoms with van der Waals surface area (Å²) in [7, 11) is 0. The quantitative estimate of drug-likeness (QED) is 0.234. The van der Waals surface area contributed by atoms with Gasteiger partial charge in [-0.1, -0.05) is 42.5 Å². The number of thioether (sulfide) groups is 1. The first-order chi connectivity index (χ1) is 15.0. The first-order valence-corrected chi connectivity index (χ1v) is 11.3. The number of nitrogens with zero attached hydrogens (tertiary/aromatic N) is 4. The molecule has 2 amide bonds. The number of anilines is 1. The van der Waals surface area contributed by atoms with Crippen LogP contribution in [0.15, 0.2) is 54.7 Å². The van der Waals surface area contributed by atoms with E-state index in [0.29, 0.717) is 22.5 Å². The fourth-order valence-electron chi connectivity index (χ4n) is 3.62. The summed E-state index contributed by atoms with van der Waals surface area (Å²) in [5.74, 6) is 6.47. The van der Waals surface area contributed by atoms with Gasteiger partial charge in [0.15, 0.2) is 5.82 Å². The largest absolute Gasteiger partial charge is 0.508 e. The van der Waals surface area contributed by atoms with Crippen molar-refractivity contribution in [1.82, 2.24) is 15.1 Å². The van der Waals surface area contributed by atoms with Gasteiger partial charge in [0.2, 0.25) is 5.91 Å². The van der Waals surface area contributed by atoms with Crippen molar-refractivity contribution in [3.63, 3.8) is 0 Å². The van der Waals surface area contributed by atoms with E-state index in [1.165, 1.54) is 16.7 Å². The Hall–Kier alpha value is -2.82. The Morgan fingerprint density at radius 1 is 1.23 bits per heavy atom. The molecule has 8 nitrogen and oxygen atoms in total. The van der Waals surface area contributed by atoms with E-state index in [1.807, 2.05) is 24.3 Å². The fourth-order valence-corrected chi connectivity index (χ4v) is 5.28. The molecule has 1 saturated heterocycles. The average molecular weight is 456 g/mol. The van der Waals surface area contributed by atoms with Gasteiger partial charge in [-0.25, -0.2) is 10.9 Å². The van der Waals surface area contributed by atoms with Crippen LogP contribution in [0.1, 0.15) is 17.4 Å². The molecule has 0 bridgehead atoms. The van der Waals surface area contributed by atoms with E-state index in [0.717, 1.165) is 10.4 Å². The molecule has 1 aromatic heterocycles. The molecule has 3 aromatic rings. The van der Waals surface area contributed by atoms with E-state index in [2.05, 4.69) is 22.8 Å². The molecule has 3 N–H and O–H groups in total. The van der Waals surface area contributed by atoms with Crippen molar-refractivity contribution in [2.24, 2.45) is 5.84 Å². The van der Waals surface area contributed by atoms with E-state index in [1.54, 1.807) is 30.5 Å². The number of benzene rings is 2. The SMILES string of the molecule is NN(C(=O)C1CSC(c2ccccc2O)N1C(=O)CCS)c1nncc2ccccc12. The van der Waals surface area contributed by atoms with Gasteiger partial charge in [0.05, 0.1) is 6.20 Å². The minimum atomic E-state index is -0.812. The number of amides is 2. The van der Waals surface area contributed by atoms with E-state index in [9.17, 15) is 14.7 Å². The summed E-state index contributed by atoms with van der Waals surface area (Å²) in [5.41, 5.74) is 0.573. The van der Waals surface area contributed by atoms with Crippen LogP contribution in [0.5, 0.6) is 5.75 Å². The second kappa shape index (κ2) is 9.13. The van der Waals surface area contributed by atoms with Crippen LogP contribution in [-0.4, -0.2) is 49.6 Å². The van der Waals surface area contributed by atoms with E-state index >= 15 is 0 Å². The number of phenolic OH excluding ortho intramolecular Hbond substituents is 1. The van der Waals surface area contributed by atoms with Gasteiger partial charge >= 0.3 is 0 Å². The van der Waals surface area contributed by atoms with Crippen molar-refractivity contribution in [1.29, 1.82) is 0 Å². The molecule has 1 fully saturated rings. The Labute approximate surface area is 188 Å². The molecular formula is C21H21N5O3S2. The number of hydrazine groups is 1. The maximum Gasteiger partial charge on any atom is 0.266 e. The second-order valence-corrected chi connectivity index (χ2v) is 8.56. The van der Waals surface area contributed by atoms with Crippen LogP contribution in [0.2, 0.25) is 0 Å². The molecule has 0 aliphatic carbocycles. The molecule has 4 rings (SSSR count). The van der Waals surface area contributed by atoms with Crippen LogP contribution in [0.4, 0.5) is 5.82 Å². The number of carbonyl (C=O) groups excluding carboxylic acids is 2. The number of hydrogen-bond donors (Lipinski definition) is 3. The highest BCUT2D eigenvalue weighted by Crippen LogP contribution is 2.45. The number of nitrogens with two attached hydrogens (primary N) is 1. The van der Waals surface area contributed by atoms with Gasteiger partial charge in [0.25, 0.3) is 5.91 Å². The van der Waals surface area contributed by atoms with Gasteiger partial charge < -0.3 is 10.0 Å². The summed E-state index contributed by atoms with van der Waals surface area (Å²) in [6.07, 6.45) is 1.76.